The second-order valence-electron chi connectivity index (χ2n) is 8.50. The lowest BCUT2D eigenvalue weighted by molar-refractivity contribution is -0.384. The fourth-order valence-corrected chi connectivity index (χ4v) is 4.54. The first kappa shape index (κ1) is 22.1. The van der Waals surface area contributed by atoms with E-state index < -0.39 is 0 Å². The van der Waals surface area contributed by atoms with Crippen molar-refractivity contribution in [1.29, 1.82) is 0 Å². The van der Waals surface area contributed by atoms with E-state index in [4.69, 9.17) is 4.74 Å². The van der Waals surface area contributed by atoms with Gasteiger partial charge in [0.1, 0.15) is 5.69 Å². The van der Waals surface area contributed by atoms with Crippen LogP contribution in [0, 0.1) is 10.1 Å². The van der Waals surface area contributed by atoms with Crippen molar-refractivity contribution < 1.29 is 14.5 Å². The molecule has 2 heterocycles. The van der Waals surface area contributed by atoms with E-state index in [-0.39, 0.29) is 28.8 Å². The van der Waals surface area contributed by atoms with E-state index >= 15 is 0 Å². The molecule has 8 nitrogen and oxygen atoms in total. The molecule has 1 atom stereocenters. The Morgan fingerprint density at radius 2 is 1.53 bits per heavy atom. The maximum absolute atomic E-state index is 12.5. The Labute approximate surface area is 197 Å². The van der Waals surface area contributed by atoms with E-state index in [0.717, 1.165) is 13.1 Å². The third-order valence-corrected chi connectivity index (χ3v) is 6.31. The number of nitrogens with one attached hydrogen (secondary N) is 1. The number of ether oxygens (including phenoxy) is 1. The van der Waals surface area contributed by atoms with Gasteiger partial charge in [0.25, 0.3) is 11.6 Å². The highest BCUT2D eigenvalue weighted by Crippen LogP contribution is 2.33. The monoisotopic (exact) mass is 458 g/mol. The van der Waals surface area contributed by atoms with Crippen LogP contribution in [0.2, 0.25) is 0 Å². The molecule has 2 fully saturated rings. The molecule has 3 aromatic rings. The summed E-state index contributed by atoms with van der Waals surface area (Å²) in [6.45, 7) is 3.20. The van der Waals surface area contributed by atoms with Crippen molar-refractivity contribution in [1.82, 2.24) is 10.2 Å². The number of amides is 1. The molecule has 34 heavy (non-hydrogen) atoms. The van der Waals surface area contributed by atoms with Crippen LogP contribution in [0.15, 0.2) is 78.9 Å². The quantitative estimate of drug-likeness (QED) is 0.331. The summed E-state index contributed by atoms with van der Waals surface area (Å²) >= 11 is 0. The zero-order valence-electron chi connectivity index (χ0n) is 18.7. The van der Waals surface area contributed by atoms with E-state index in [1.807, 2.05) is 41.3 Å². The third-order valence-electron chi connectivity index (χ3n) is 6.31. The van der Waals surface area contributed by atoms with Gasteiger partial charge in [0.2, 0.25) is 0 Å². The molecule has 8 heteroatoms. The third kappa shape index (κ3) is 4.78. The summed E-state index contributed by atoms with van der Waals surface area (Å²) in [6.07, 6.45) is -0.261. The lowest BCUT2D eigenvalue weighted by atomic mass is 9.96. The van der Waals surface area contributed by atoms with Crippen molar-refractivity contribution in [3.05, 3.63) is 106 Å². The highest BCUT2D eigenvalue weighted by molar-refractivity contribution is 5.96. The Morgan fingerprint density at radius 1 is 0.941 bits per heavy atom. The maximum Gasteiger partial charge on any atom is 0.292 e. The Bertz CT molecular complexity index is 1120. The molecule has 1 amide bonds. The Morgan fingerprint density at radius 3 is 2.06 bits per heavy atom. The number of hydrogen-bond acceptors (Lipinski definition) is 6. The SMILES string of the molecule is O=C(NC1CO1)c1ccc([N+](=O)[O-])c(N2CCN(C(c3ccccc3)c3ccccc3)CC2)c1. The molecule has 0 aromatic heterocycles. The average Bonchev–Trinajstić information content (AvgIpc) is 3.69. The van der Waals surface area contributed by atoms with Crippen LogP contribution in [0.25, 0.3) is 0 Å². The predicted octanol–water partition coefficient (Wildman–Crippen LogP) is 3.59. The Kier molecular flexibility index (Phi) is 6.24. The van der Waals surface area contributed by atoms with Gasteiger partial charge in [-0.2, -0.15) is 0 Å². The van der Waals surface area contributed by atoms with Crippen molar-refractivity contribution in [2.24, 2.45) is 0 Å². The van der Waals surface area contributed by atoms with Gasteiger partial charge in [-0.15, -0.1) is 0 Å². The molecule has 0 bridgehead atoms. The fraction of sp³-hybridized carbons (Fsp3) is 0.269. The largest absolute Gasteiger partial charge is 0.363 e. The van der Waals surface area contributed by atoms with Gasteiger partial charge in [0.15, 0.2) is 6.23 Å². The van der Waals surface area contributed by atoms with Gasteiger partial charge in [-0.1, -0.05) is 60.7 Å². The van der Waals surface area contributed by atoms with E-state index in [2.05, 4.69) is 34.5 Å². The van der Waals surface area contributed by atoms with Gasteiger partial charge in [-0.25, -0.2) is 0 Å². The number of carbonyl (C=O) groups excluding carboxylic acids is 1. The zero-order chi connectivity index (χ0) is 23.5. The number of benzene rings is 3. The number of nitrogens with zero attached hydrogens (tertiary/aromatic N) is 3. The molecule has 5 rings (SSSR count). The zero-order valence-corrected chi connectivity index (χ0v) is 18.7. The van der Waals surface area contributed by atoms with Gasteiger partial charge in [0.05, 0.1) is 17.6 Å². The maximum atomic E-state index is 12.5. The summed E-state index contributed by atoms with van der Waals surface area (Å²) in [5.74, 6) is -0.287. The van der Waals surface area contributed by atoms with E-state index in [1.165, 1.54) is 23.3 Å². The van der Waals surface area contributed by atoms with Crippen LogP contribution < -0.4 is 10.2 Å². The Hall–Kier alpha value is -3.75. The van der Waals surface area contributed by atoms with Crippen LogP contribution in [0.3, 0.4) is 0 Å². The van der Waals surface area contributed by atoms with Gasteiger partial charge in [0, 0.05) is 37.8 Å². The summed E-state index contributed by atoms with van der Waals surface area (Å²) in [7, 11) is 0. The summed E-state index contributed by atoms with van der Waals surface area (Å²) in [6, 6.07) is 25.4. The number of epoxide rings is 1. The first-order valence-corrected chi connectivity index (χ1v) is 11.4. The number of carbonyl (C=O) groups is 1. The van der Waals surface area contributed by atoms with Gasteiger partial charge in [-0.05, 0) is 23.3 Å². The van der Waals surface area contributed by atoms with Crippen LogP contribution >= 0.6 is 0 Å². The molecular weight excluding hydrogens is 432 g/mol. The molecule has 174 valence electrons. The number of nitro benzene ring substituents is 1. The van der Waals surface area contributed by atoms with Crippen LogP contribution in [0.1, 0.15) is 27.5 Å². The fourth-order valence-electron chi connectivity index (χ4n) is 4.54. The van der Waals surface area contributed by atoms with E-state index in [9.17, 15) is 14.9 Å². The van der Waals surface area contributed by atoms with Crippen LogP contribution in [0.5, 0.6) is 0 Å². The van der Waals surface area contributed by atoms with Crippen molar-refractivity contribution in [3.8, 4) is 0 Å². The molecular formula is C26H26N4O4. The highest BCUT2D eigenvalue weighted by atomic mass is 16.6. The predicted molar refractivity (Wildman–Crippen MR) is 129 cm³/mol. The molecule has 2 aliphatic rings. The molecule has 0 spiro atoms. The highest BCUT2D eigenvalue weighted by Gasteiger charge is 2.30. The van der Waals surface area contributed by atoms with Crippen molar-refractivity contribution >= 4 is 17.3 Å². The molecule has 1 N–H and O–H groups in total. The summed E-state index contributed by atoms with van der Waals surface area (Å²) in [5.41, 5.74) is 3.31. The molecule has 1 unspecified atom stereocenters. The standard InChI is InChI=1S/C26H26N4O4/c31-26(27-24-18-34-24)21-11-12-22(30(32)33)23(17-21)28-13-15-29(16-14-28)25(19-7-3-1-4-8-19)20-9-5-2-6-10-20/h1-12,17,24-25H,13-16,18H2,(H,27,31). The topological polar surface area (TPSA) is 91.2 Å². The second-order valence-corrected chi connectivity index (χ2v) is 8.50. The van der Waals surface area contributed by atoms with Crippen LogP contribution in [0.4, 0.5) is 11.4 Å². The van der Waals surface area contributed by atoms with E-state index in [0.29, 0.717) is 30.9 Å². The normalized spacial score (nSPS) is 18.0. The summed E-state index contributed by atoms with van der Waals surface area (Å²) < 4.78 is 5.06. The van der Waals surface area contributed by atoms with Crippen LogP contribution in [-0.4, -0.2) is 54.7 Å². The lowest BCUT2D eigenvalue weighted by Gasteiger charge is -2.40. The minimum absolute atomic E-state index is 0.00957. The van der Waals surface area contributed by atoms with Crippen molar-refractivity contribution in [2.75, 3.05) is 37.7 Å². The first-order valence-electron chi connectivity index (χ1n) is 11.4. The minimum Gasteiger partial charge on any atom is -0.363 e. The number of nitro groups is 1. The first-order chi connectivity index (χ1) is 16.6. The smallest absolute Gasteiger partial charge is 0.292 e. The number of piperazine rings is 1. The number of rotatable bonds is 7. The summed E-state index contributed by atoms with van der Waals surface area (Å²) in [5, 5.41) is 14.5. The van der Waals surface area contributed by atoms with Gasteiger partial charge < -0.3 is 15.0 Å². The molecule has 0 aliphatic carbocycles. The number of hydrogen-bond donors (Lipinski definition) is 1. The minimum atomic E-state index is -0.385. The molecule has 3 aromatic carbocycles. The molecule has 2 aliphatic heterocycles. The molecule has 0 saturated carbocycles. The molecule has 2 saturated heterocycles. The second kappa shape index (κ2) is 9.62. The average molecular weight is 459 g/mol. The van der Waals surface area contributed by atoms with E-state index in [1.54, 1.807) is 6.07 Å². The Balaban J connectivity index is 1.37. The van der Waals surface area contributed by atoms with Crippen molar-refractivity contribution in [2.45, 2.75) is 12.3 Å². The number of anilines is 1. The van der Waals surface area contributed by atoms with Crippen LogP contribution in [-0.2, 0) is 4.74 Å². The van der Waals surface area contributed by atoms with Crippen molar-refractivity contribution in [3.63, 3.8) is 0 Å². The van der Waals surface area contributed by atoms with Gasteiger partial charge in [-0.3, -0.25) is 19.8 Å². The van der Waals surface area contributed by atoms with Gasteiger partial charge >= 0.3 is 0 Å². The lowest BCUT2D eigenvalue weighted by Crippen LogP contribution is -2.48. The summed E-state index contributed by atoms with van der Waals surface area (Å²) in [4.78, 5) is 28.2. The molecule has 0 radical (unpaired) electrons.